The van der Waals surface area contributed by atoms with Crippen molar-refractivity contribution in [3.8, 4) is 11.5 Å². The van der Waals surface area contributed by atoms with Crippen molar-refractivity contribution < 1.29 is 9.47 Å². The normalized spacial score (nSPS) is 17.6. The molecule has 3 nitrogen and oxygen atoms in total. The van der Waals surface area contributed by atoms with E-state index < -0.39 is 0 Å². The number of para-hydroxylation sites is 2. The SMILES string of the molecule is COc1ccccc1OCCC(C)(CNC(C)C)C1CC1. The number of benzene rings is 1. The summed E-state index contributed by atoms with van der Waals surface area (Å²) in [6, 6.07) is 8.40. The predicted octanol–water partition coefficient (Wildman–Crippen LogP) is 3.88. The van der Waals surface area contributed by atoms with Crippen molar-refractivity contribution in [2.75, 3.05) is 20.3 Å². The quantitative estimate of drug-likeness (QED) is 0.749. The van der Waals surface area contributed by atoms with Crippen LogP contribution in [0, 0.1) is 11.3 Å². The molecule has 0 radical (unpaired) electrons. The van der Waals surface area contributed by atoms with Crippen molar-refractivity contribution >= 4 is 0 Å². The Kier molecular flexibility index (Phi) is 5.51. The summed E-state index contributed by atoms with van der Waals surface area (Å²) in [5, 5.41) is 3.60. The number of methoxy groups -OCH3 is 1. The molecule has 2 rings (SSSR count). The van der Waals surface area contributed by atoms with E-state index in [0.717, 1.165) is 37.0 Å². The molecule has 1 saturated carbocycles. The Balaban J connectivity index is 1.87. The lowest BCUT2D eigenvalue weighted by Gasteiger charge is -2.31. The van der Waals surface area contributed by atoms with Gasteiger partial charge in [0.15, 0.2) is 11.5 Å². The highest BCUT2D eigenvalue weighted by Gasteiger charge is 2.41. The zero-order valence-corrected chi connectivity index (χ0v) is 13.8. The average molecular weight is 291 g/mol. The summed E-state index contributed by atoms with van der Waals surface area (Å²) in [6.45, 7) is 8.63. The minimum atomic E-state index is 0.340. The fraction of sp³-hybridized carbons (Fsp3) is 0.667. The highest BCUT2D eigenvalue weighted by Crippen LogP contribution is 2.47. The molecular formula is C18H29NO2. The zero-order valence-electron chi connectivity index (χ0n) is 13.8. The molecule has 0 aliphatic heterocycles. The molecular weight excluding hydrogens is 262 g/mol. The molecule has 1 aromatic carbocycles. The Bertz CT molecular complexity index is 443. The molecule has 0 bridgehead atoms. The standard InChI is InChI=1S/C18H29NO2/c1-14(2)19-13-18(3,15-9-10-15)11-12-21-17-8-6-5-7-16(17)20-4/h5-8,14-15,19H,9-13H2,1-4H3. The highest BCUT2D eigenvalue weighted by molar-refractivity contribution is 5.39. The molecule has 0 saturated heterocycles. The molecule has 0 spiro atoms. The van der Waals surface area contributed by atoms with Crippen LogP contribution in [-0.4, -0.2) is 26.3 Å². The molecule has 0 amide bonds. The third-order valence-electron chi connectivity index (χ3n) is 4.48. The van der Waals surface area contributed by atoms with Crippen LogP contribution in [0.3, 0.4) is 0 Å². The van der Waals surface area contributed by atoms with Crippen LogP contribution < -0.4 is 14.8 Å². The lowest BCUT2D eigenvalue weighted by atomic mass is 9.81. The van der Waals surface area contributed by atoms with Crippen molar-refractivity contribution in [2.24, 2.45) is 11.3 Å². The topological polar surface area (TPSA) is 30.5 Å². The van der Waals surface area contributed by atoms with Gasteiger partial charge >= 0.3 is 0 Å². The summed E-state index contributed by atoms with van der Waals surface area (Å²) in [5.41, 5.74) is 0.340. The summed E-state index contributed by atoms with van der Waals surface area (Å²) in [4.78, 5) is 0. The number of hydrogen-bond donors (Lipinski definition) is 1. The van der Waals surface area contributed by atoms with Crippen LogP contribution in [0.25, 0.3) is 0 Å². The van der Waals surface area contributed by atoms with Crippen molar-refractivity contribution in [1.29, 1.82) is 0 Å². The van der Waals surface area contributed by atoms with Gasteiger partial charge in [-0.2, -0.15) is 0 Å². The van der Waals surface area contributed by atoms with Crippen molar-refractivity contribution in [3.05, 3.63) is 24.3 Å². The van der Waals surface area contributed by atoms with Gasteiger partial charge in [-0.1, -0.05) is 32.9 Å². The van der Waals surface area contributed by atoms with Gasteiger partial charge in [0.1, 0.15) is 0 Å². The maximum Gasteiger partial charge on any atom is 0.161 e. The van der Waals surface area contributed by atoms with E-state index in [1.165, 1.54) is 12.8 Å². The van der Waals surface area contributed by atoms with Gasteiger partial charge in [0, 0.05) is 12.6 Å². The lowest BCUT2D eigenvalue weighted by Crippen LogP contribution is -2.38. The molecule has 1 atom stereocenters. The van der Waals surface area contributed by atoms with Gasteiger partial charge in [0.2, 0.25) is 0 Å². The van der Waals surface area contributed by atoms with E-state index in [1.807, 2.05) is 24.3 Å². The second-order valence-corrected chi connectivity index (χ2v) is 6.71. The number of nitrogens with one attached hydrogen (secondary N) is 1. The third-order valence-corrected chi connectivity index (χ3v) is 4.48. The first kappa shape index (κ1) is 16.2. The monoisotopic (exact) mass is 291 g/mol. The Labute approximate surface area is 129 Å². The van der Waals surface area contributed by atoms with Gasteiger partial charge in [0.05, 0.1) is 13.7 Å². The van der Waals surface area contributed by atoms with Crippen LogP contribution in [0.15, 0.2) is 24.3 Å². The summed E-state index contributed by atoms with van der Waals surface area (Å²) >= 11 is 0. The smallest absolute Gasteiger partial charge is 0.161 e. The first-order chi connectivity index (χ1) is 10.0. The van der Waals surface area contributed by atoms with Crippen LogP contribution in [0.1, 0.15) is 40.0 Å². The van der Waals surface area contributed by atoms with E-state index in [2.05, 4.69) is 26.1 Å². The molecule has 1 fully saturated rings. The predicted molar refractivity (Wildman–Crippen MR) is 87.1 cm³/mol. The summed E-state index contributed by atoms with van der Waals surface area (Å²) in [5.74, 6) is 2.51. The van der Waals surface area contributed by atoms with Crippen molar-refractivity contribution in [1.82, 2.24) is 5.32 Å². The Morgan fingerprint density at radius 1 is 1.24 bits per heavy atom. The zero-order chi connectivity index (χ0) is 15.3. The van der Waals surface area contributed by atoms with E-state index in [4.69, 9.17) is 9.47 Å². The minimum absolute atomic E-state index is 0.340. The van der Waals surface area contributed by atoms with Crippen LogP contribution in [-0.2, 0) is 0 Å². The van der Waals surface area contributed by atoms with Gasteiger partial charge in [-0.15, -0.1) is 0 Å². The lowest BCUT2D eigenvalue weighted by molar-refractivity contribution is 0.174. The fourth-order valence-electron chi connectivity index (χ4n) is 2.79. The summed E-state index contributed by atoms with van der Waals surface area (Å²) < 4.78 is 11.3. The van der Waals surface area contributed by atoms with Gasteiger partial charge in [0.25, 0.3) is 0 Å². The van der Waals surface area contributed by atoms with Crippen LogP contribution >= 0.6 is 0 Å². The van der Waals surface area contributed by atoms with E-state index in [9.17, 15) is 0 Å². The minimum Gasteiger partial charge on any atom is -0.493 e. The molecule has 1 N–H and O–H groups in total. The molecule has 21 heavy (non-hydrogen) atoms. The number of rotatable bonds is 9. The van der Waals surface area contributed by atoms with E-state index in [-0.39, 0.29) is 0 Å². The maximum atomic E-state index is 5.96. The summed E-state index contributed by atoms with van der Waals surface area (Å²) in [6.07, 6.45) is 3.81. The molecule has 1 aromatic rings. The Morgan fingerprint density at radius 2 is 1.90 bits per heavy atom. The largest absolute Gasteiger partial charge is 0.493 e. The second-order valence-electron chi connectivity index (χ2n) is 6.71. The fourth-order valence-corrected chi connectivity index (χ4v) is 2.79. The first-order valence-corrected chi connectivity index (χ1v) is 8.04. The van der Waals surface area contributed by atoms with Gasteiger partial charge in [-0.05, 0) is 42.7 Å². The first-order valence-electron chi connectivity index (χ1n) is 8.04. The average Bonchev–Trinajstić information content (AvgIpc) is 3.31. The van der Waals surface area contributed by atoms with Crippen molar-refractivity contribution in [2.45, 2.75) is 46.1 Å². The third kappa shape index (κ3) is 4.63. The molecule has 1 aliphatic rings. The molecule has 3 heteroatoms. The van der Waals surface area contributed by atoms with E-state index >= 15 is 0 Å². The molecule has 0 heterocycles. The number of hydrogen-bond acceptors (Lipinski definition) is 3. The molecule has 1 unspecified atom stereocenters. The number of ether oxygens (including phenoxy) is 2. The summed E-state index contributed by atoms with van der Waals surface area (Å²) in [7, 11) is 1.68. The Hall–Kier alpha value is -1.22. The van der Waals surface area contributed by atoms with Crippen LogP contribution in [0.4, 0.5) is 0 Å². The van der Waals surface area contributed by atoms with Gasteiger partial charge < -0.3 is 14.8 Å². The highest BCUT2D eigenvalue weighted by atomic mass is 16.5. The van der Waals surface area contributed by atoms with Crippen LogP contribution in [0.5, 0.6) is 11.5 Å². The Morgan fingerprint density at radius 3 is 2.48 bits per heavy atom. The maximum absolute atomic E-state index is 5.96. The van der Waals surface area contributed by atoms with Gasteiger partial charge in [-0.3, -0.25) is 0 Å². The van der Waals surface area contributed by atoms with E-state index in [1.54, 1.807) is 7.11 Å². The second kappa shape index (κ2) is 7.17. The molecule has 1 aliphatic carbocycles. The van der Waals surface area contributed by atoms with E-state index in [0.29, 0.717) is 11.5 Å². The van der Waals surface area contributed by atoms with Crippen LogP contribution in [0.2, 0.25) is 0 Å². The molecule has 118 valence electrons. The van der Waals surface area contributed by atoms with Crippen molar-refractivity contribution in [3.63, 3.8) is 0 Å². The van der Waals surface area contributed by atoms with Gasteiger partial charge in [-0.25, -0.2) is 0 Å². The molecule has 0 aromatic heterocycles.